The Kier molecular flexibility index (Phi) is 5.09. The first-order valence-electron chi connectivity index (χ1n) is 7.86. The fourth-order valence-electron chi connectivity index (χ4n) is 2.89. The highest BCUT2D eigenvalue weighted by atomic mass is 32.1. The van der Waals surface area contributed by atoms with E-state index in [1.54, 1.807) is 11.4 Å². The lowest BCUT2D eigenvalue weighted by Gasteiger charge is -2.08. The van der Waals surface area contributed by atoms with Crippen LogP contribution in [0.2, 0.25) is 0 Å². The predicted octanol–water partition coefficient (Wildman–Crippen LogP) is 3.68. The average molecular weight is 355 g/mol. The summed E-state index contributed by atoms with van der Waals surface area (Å²) in [5, 5.41) is 4.42. The van der Waals surface area contributed by atoms with Gasteiger partial charge in [-0.05, 0) is 29.0 Å². The number of allylic oxidation sites excluding steroid dienone is 1. The normalized spacial score (nSPS) is 13.9. The molecule has 0 spiro atoms. The van der Waals surface area contributed by atoms with Crippen LogP contribution in [-0.4, -0.2) is 24.8 Å². The second-order valence-corrected chi connectivity index (χ2v) is 6.54. The predicted molar refractivity (Wildman–Crippen MR) is 96.5 cm³/mol. The van der Waals surface area contributed by atoms with Crippen molar-refractivity contribution in [2.75, 3.05) is 12.4 Å². The Labute approximate surface area is 149 Å². The van der Waals surface area contributed by atoms with Crippen LogP contribution in [0.5, 0.6) is 0 Å². The standard InChI is InChI=1S/C19H17NO4S/c1-24-19(23)18-15(9-10-25-18)20-17(22)11-14-13(7-8-16(14)21)12-5-3-2-4-6-12/h2-6,9-10H,7-8,11H2,1H3,(H,20,22). The number of anilines is 1. The van der Waals surface area contributed by atoms with Crippen LogP contribution in [0.1, 0.15) is 34.5 Å². The Morgan fingerprint density at radius 1 is 1.16 bits per heavy atom. The lowest BCUT2D eigenvalue weighted by molar-refractivity contribution is -0.119. The van der Waals surface area contributed by atoms with Gasteiger partial charge in [-0.2, -0.15) is 0 Å². The number of hydrogen-bond acceptors (Lipinski definition) is 5. The molecule has 25 heavy (non-hydrogen) atoms. The molecule has 1 aliphatic carbocycles. The van der Waals surface area contributed by atoms with E-state index >= 15 is 0 Å². The highest BCUT2D eigenvalue weighted by Gasteiger charge is 2.26. The zero-order valence-electron chi connectivity index (χ0n) is 13.7. The Balaban J connectivity index is 1.79. The van der Waals surface area contributed by atoms with Gasteiger partial charge in [0.2, 0.25) is 5.91 Å². The van der Waals surface area contributed by atoms with Gasteiger partial charge in [-0.1, -0.05) is 30.3 Å². The summed E-state index contributed by atoms with van der Waals surface area (Å²) >= 11 is 1.20. The number of nitrogens with one attached hydrogen (secondary N) is 1. The highest BCUT2D eigenvalue weighted by molar-refractivity contribution is 7.12. The zero-order chi connectivity index (χ0) is 17.8. The molecule has 6 heteroatoms. The van der Waals surface area contributed by atoms with Crippen molar-refractivity contribution in [3.63, 3.8) is 0 Å². The summed E-state index contributed by atoms with van der Waals surface area (Å²) in [4.78, 5) is 36.6. The molecular weight excluding hydrogens is 338 g/mol. The number of carbonyl (C=O) groups is 3. The minimum absolute atomic E-state index is 0.000476. The van der Waals surface area contributed by atoms with E-state index in [1.807, 2.05) is 30.3 Å². The van der Waals surface area contributed by atoms with Crippen molar-refractivity contribution in [2.24, 2.45) is 0 Å². The maximum atomic E-state index is 12.4. The molecule has 0 bridgehead atoms. The molecule has 3 rings (SSSR count). The van der Waals surface area contributed by atoms with E-state index in [2.05, 4.69) is 5.32 Å². The zero-order valence-corrected chi connectivity index (χ0v) is 14.5. The Morgan fingerprint density at radius 2 is 1.92 bits per heavy atom. The van der Waals surface area contributed by atoms with Crippen molar-refractivity contribution in [1.29, 1.82) is 0 Å². The molecule has 1 amide bonds. The number of methoxy groups -OCH3 is 1. The van der Waals surface area contributed by atoms with Gasteiger partial charge in [0.15, 0.2) is 5.78 Å². The first kappa shape index (κ1) is 17.1. The number of ether oxygens (including phenoxy) is 1. The van der Waals surface area contributed by atoms with Crippen LogP contribution < -0.4 is 5.32 Å². The van der Waals surface area contributed by atoms with E-state index < -0.39 is 5.97 Å². The lowest BCUT2D eigenvalue weighted by atomic mass is 10.00. The van der Waals surface area contributed by atoms with E-state index in [0.29, 0.717) is 29.0 Å². The van der Waals surface area contributed by atoms with Gasteiger partial charge in [0, 0.05) is 12.0 Å². The number of carbonyl (C=O) groups excluding carboxylic acids is 3. The summed E-state index contributed by atoms with van der Waals surface area (Å²) in [6.45, 7) is 0. The van der Waals surface area contributed by atoms with Crippen molar-refractivity contribution < 1.29 is 19.1 Å². The SMILES string of the molecule is COC(=O)c1sccc1NC(=O)CC1=C(c2ccccc2)CCC1=O. The number of Topliss-reactive ketones (excluding diaryl/α,β-unsaturated/α-hetero) is 1. The van der Waals surface area contributed by atoms with Crippen LogP contribution in [0.4, 0.5) is 5.69 Å². The second kappa shape index (κ2) is 7.44. The van der Waals surface area contributed by atoms with Gasteiger partial charge in [-0.3, -0.25) is 9.59 Å². The maximum Gasteiger partial charge on any atom is 0.350 e. The Bertz CT molecular complexity index is 851. The summed E-state index contributed by atoms with van der Waals surface area (Å²) < 4.78 is 4.70. The molecule has 5 nitrogen and oxygen atoms in total. The first-order chi connectivity index (χ1) is 12.1. The average Bonchev–Trinajstić information content (AvgIpc) is 3.22. The molecule has 2 aromatic rings. The fourth-order valence-corrected chi connectivity index (χ4v) is 3.65. The van der Waals surface area contributed by atoms with Crippen LogP contribution in [0.3, 0.4) is 0 Å². The van der Waals surface area contributed by atoms with Crippen LogP contribution in [-0.2, 0) is 14.3 Å². The van der Waals surface area contributed by atoms with Crippen molar-refractivity contribution >= 4 is 40.3 Å². The van der Waals surface area contributed by atoms with Gasteiger partial charge in [0.25, 0.3) is 0 Å². The van der Waals surface area contributed by atoms with Crippen molar-refractivity contribution in [3.8, 4) is 0 Å². The van der Waals surface area contributed by atoms with Gasteiger partial charge in [0.05, 0.1) is 19.2 Å². The molecule has 128 valence electrons. The molecule has 0 saturated carbocycles. The summed E-state index contributed by atoms with van der Waals surface area (Å²) in [5.41, 5.74) is 2.87. The van der Waals surface area contributed by atoms with E-state index in [-0.39, 0.29) is 18.1 Å². The molecule has 0 saturated heterocycles. The van der Waals surface area contributed by atoms with Crippen LogP contribution in [0.15, 0.2) is 47.4 Å². The summed E-state index contributed by atoms with van der Waals surface area (Å²) in [7, 11) is 1.29. The highest BCUT2D eigenvalue weighted by Crippen LogP contribution is 2.33. The van der Waals surface area contributed by atoms with Gasteiger partial charge in [-0.25, -0.2) is 4.79 Å². The molecule has 0 fully saturated rings. The quantitative estimate of drug-likeness (QED) is 0.831. The molecule has 1 heterocycles. The Morgan fingerprint density at radius 3 is 2.64 bits per heavy atom. The summed E-state index contributed by atoms with van der Waals surface area (Å²) in [5.74, 6) is -0.804. The minimum Gasteiger partial charge on any atom is -0.465 e. The number of rotatable bonds is 5. The van der Waals surface area contributed by atoms with E-state index in [4.69, 9.17) is 4.74 Å². The minimum atomic E-state index is -0.494. The number of esters is 1. The molecule has 1 aliphatic rings. The molecule has 1 aromatic heterocycles. The van der Waals surface area contributed by atoms with Crippen LogP contribution in [0.25, 0.3) is 5.57 Å². The molecule has 1 N–H and O–H groups in total. The molecule has 1 aromatic carbocycles. The van der Waals surface area contributed by atoms with Crippen molar-refractivity contribution in [2.45, 2.75) is 19.3 Å². The second-order valence-electron chi connectivity index (χ2n) is 5.63. The smallest absolute Gasteiger partial charge is 0.350 e. The number of amides is 1. The number of ketones is 1. The first-order valence-corrected chi connectivity index (χ1v) is 8.74. The molecule has 0 radical (unpaired) electrons. The third-order valence-electron chi connectivity index (χ3n) is 4.07. The van der Waals surface area contributed by atoms with Gasteiger partial charge in [-0.15, -0.1) is 11.3 Å². The van der Waals surface area contributed by atoms with E-state index in [9.17, 15) is 14.4 Å². The van der Waals surface area contributed by atoms with E-state index in [0.717, 1.165) is 11.1 Å². The number of thiophene rings is 1. The number of benzene rings is 1. The third kappa shape index (κ3) is 3.69. The Hall–Kier alpha value is -2.73. The lowest BCUT2D eigenvalue weighted by Crippen LogP contribution is -2.16. The monoisotopic (exact) mass is 355 g/mol. The number of hydrogen-bond donors (Lipinski definition) is 1. The van der Waals surface area contributed by atoms with Crippen LogP contribution in [0, 0.1) is 0 Å². The fraction of sp³-hybridized carbons (Fsp3) is 0.211. The van der Waals surface area contributed by atoms with Gasteiger partial charge < -0.3 is 10.1 Å². The molecule has 0 atom stereocenters. The van der Waals surface area contributed by atoms with Gasteiger partial charge in [0.1, 0.15) is 4.88 Å². The topological polar surface area (TPSA) is 72.5 Å². The summed E-state index contributed by atoms with van der Waals surface area (Å²) in [6, 6.07) is 11.3. The molecule has 0 unspecified atom stereocenters. The summed E-state index contributed by atoms with van der Waals surface area (Å²) in [6.07, 6.45) is 1.08. The maximum absolute atomic E-state index is 12.4. The van der Waals surface area contributed by atoms with Crippen LogP contribution >= 0.6 is 11.3 Å². The van der Waals surface area contributed by atoms with Gasteiger partial charge >= 0.3 is 5.97 Å². The molecule has 0 aliphatic heterocycles. The molecular formula is C19H17NO4S. The third-order valence-corrected chi connectivity index (χ3v) is 4.97. The van der Waals surface area contributed by atoms with Crippen molar-refractivity contribution in [3.05, 3.63) is 57.8 Å². The van der Waals surface area contributed by atoms with Crippen molar-refractivity contribution in [1.82, 2.24) is 0 Å². The van der Waals surface area contributed by atoms with E-state index in [1.165, 1.54) is 18.4 Å². The largest absolute Gasteiger partial charge is 0.465 e.